The minimum Gasteiger partial charge on any atom is -0.454 e. The van der Waals surface area contributed by atoms with Gasteiger partial charge in [0.05, 0.1) is 18.7 Å². The van der Waals surface area contributed by atoms with Gasteiger partial charge in [-0.3, -0.25) is 9.69 Å². The summed E-state index contributed by atoms with van der Waals surface area (Å²) in [5.74, 6) is 1.32. The lowest BCUT2D eigenvalue weighted by Crippen LogP contribution is -2.33. The molecule has 1 aromatic heterocycles. The molecule has 0 saturated heterocycles. The molecular weight excluding hydrogens is 384 g/mol. The summed E-state index contributed by atoms with van der Waals surface area (Å²) in [5, 5.41) is 0.939. The maximum Gasteiger partial charge on any atom is 0.410 e. The molecule has 0 radical (unpaired) electrons. The fourth-order valence-electron chi connectivity index (χ4n) is 3.71. The van der Waals surface area contributed by atoms with Crippen molar-refractivity contribution < 1.29 is 19.0 Å². The molecule has 0 saturated carbocycles. The summed E-state index contributed by atoms with van der Waals surface area (Å²) in [5.41, 5.74) is 4.08. The van der Waals surface area contributed by atoms with Gasteiger partial charge in [-0.05, 0) is 61.5 Å². The maximum absolute atomic E-state index is 12.7. The molecule has 7 heteroatoms. The van der Waals surface area contributed by atoms with Crippen molar-refractivity contribution in [2.45, 2.75) is 33.9 Å². The third-order valence-electron chi connectivity index (χ3n) is 5.07. The number of hydrogen-bond acceptors (Lipinski definition) is 5. The summed E-state index contributed by atoms with van der Waals surface area (Å²) >= 11 is 0. The van der Waals surface area contributed by atoms with Crippen LogP contribution in [0.3, 0.4) is 0 Å². The Bertz CT molecular complexity index is 1170. The van der Waals surface area contributed by atoms with Crippen molar-refractivity contribution in [3.05, 3.63) is 69.0 Å². The van der Waals surface area contributed by atoms with Crippen LogP contribution in [0.1, 0.15) is 29.2 Å². The maximum atomic E-state index is 12.7. The summed E-state index contributed by atoms with van der Waals surface area (Å²) in [4.78, 5) is 29.8. The number of rotatable bonds is 5. The normalized spacial score (nSPS) is 12.2. The molecule has 1 amide bonds. The molecule has 1 aliphatic heterocycles. The second kappa shape index (κ2) is 8.10. The highest BCUT2D eigenvalue weighted by Gasteiger charge is 2.20. The third-order valence-corrected chi connectivity index (χ3v) is 5.07. The van der Waals surface area contributed by atoms with Gasteiger partial charge in [0, 0.05) is 12.1 Å². The van der Waals surface area contributed by atoms with E-state index in [2.05, 4.69) is 4.98 Å². The highest BCUT2D eigenvalue weighted by atomic mass is 16.7. The Morgan fingerprint density at radius 1 is 1.10 bits per heavy atom. The smallest absolute Gasteiger partial charge is 0.410 e. The molecule has 1 aliphatic rings. The van der Waals surface area contributed by atoms with Crippen molar-refractivity contribution in [1.29, 1.82) is 0 Å². The predicted molar refractivity (Wildman–Crippen MR) is 113 cm³/mol. The number of benzene rings is 2. The standard InChI is InChI=1S/C23H24N2O5/c1-4-28-23(27)25(11-16-5-6-19-20(9-16)30-13-29-19)12-18-10-17-8-14(2)7-15(3)21(17)24-22(18)26/h5-10H,4,11-13H2,1-3H3,(H,24,26). The first-order valence-corrected chi connectivity index (χ1v) is 9.88. The first-order valence-electron chi connectivity index (χ1n) is 9.88. The lowest BCUT2D eigenvalue weighted by Gasteiger charge is -2.22. The fourth-order valence-corrected chi connectivity index (χ4v) is 3.71. The average molecular weight is 408 g/mol. The van der Waals surface area contributed by atoms with Crippen molar-refractivity contribution in [2.75, 3.05) is 13.4 Å². The van der Waals surface area contributed by atoms with Crippen LogP contribution in [0, 0.1) is 13.8 Å². The van der Waals surface area contributed by atoms with Gasteiger partial charge in [-0.15, -0.1) is 0 Å². The highest BCUT2D eigenvalue weighted by Crippen LogP contribution is 2.33. The Hall–Kier alpha value is -3.48. The van der Waals surface area contributed by atoms with Crippen LogP contribution in [0.15, 0.2) is 41.2 Å². The summed E-state index contributed by atoms with van der Waals surface area (Å²) in [6.45, 7) is 6.59. The van der Waals surface area contributed by atoms with Crippen LogP contribution in [0.2, 0.25) is 0 Å². The Labute approximate surface area is 174 Å². The number of aryl methyl sites for hydroxylation is 2. The first kappa shape index (κ1) is 19.8. The second-order valence-electron chi connectivity index (χ2n) is 7.41. The van der Waals surface area contributed by atoms with Gasteiger partial charge in [0.2, 0.25) is 6.79 Å². The molecule has 3 aromatic rings. The largest absolute Gasteiger partial charge is 0.454 e. The van der Waals surface area contributed by atoms with Gasteiger partial charge in [0.15, 0.2) is 11.5 Å². The van der Waals surface area contributed by atoms with Gasteiger partial charge in [-0.25, -0.2) is 4.79 Å². The molecule has 0 atom stereocenters. The molecule has 30 heavy (non-hydrogen) atoms. The van der Waals surface area contributed by atoms with Gasteiger partial charge in [0.25, 0.3) is 5.56 Å². The fraction of sp³-hybridized carbons (Fsp3) is 0.304. The molecular formula is C23H24N2O5. The lowest BCUT2D eigenvalue weighted by atomic mass is 10.1. The van der Waals surface area contributed by atoms with Crippen LogP contribution in [0.25, 0.3) is 10.9 Å². The molecule has 4 rings (SSSR count). The van der Waals surface area contributed by atoms with Crippen LogP contribution in [0.5, 0.6) is 11.5 Å². The van der Waals surface area contributed by atoms with E-state index in [1.165, 1.54) is 4.90 Å². The molecule has 7 nitrogen and oxygen atoms in total. The van der Waals surface area contributed by atoms with Crippen LogP contribution >= 0.6 is 0 Å². The van der Waals surface area contributed by atoms with Gasteiger partial charge in [-0.1, -0.05) is 17.7 Å². The van der Waals surface area contributed by atoms with Gasteiger partial charge in [0.1, 0.15) is 0 Å². The van der Waals surface area contributed by atoms with Crippen LogP contribution < -0.4 is 15.0 Å². The van der Waals surface area contributed by atoms with E-state index >= 15 is 0 Å². The summed E-state index contributed by atoms with van der Waals surface area (Å²) < 4.78 is 16.0. The average Bonchev–Trinajstić information content (AvgIpc) is 3.16. The van der Waals surface area contributed by atoms with Crippen LogP contribution in [-0.2, 0) is 17.8 Å². The first-order chi connectivity index (χ1) is 14.4. The number of nitrogens with zero attached hydrogens (tertiary/aromatic N) is 1. The zero-order valence-corrected chi connectivity index (χ0v) is 17.3. The van der Waals surface area contributed by atoms with Gasteiger partial charge < -0.3 is 19.2 Å². The summed E-state index contributed by atoms with van der Waals surface area (Å²) in [6, 6.07) is 11.4. The zero-order valence-electron chi connectivity index (χ0n) is 17.3. The number of H-pyrrole nitrogens is 1. The number of carbonyl (C=O) groups excluding carboxylic acids is 1. The highest BCUT2D eigenvalue weighted by molar-refractivity contribution is 5.83. The number of aromatic nitrogens is 1. The Balaban J connectivity index is 1.66. The number of ether oxygens (including phenoxy) is 3. The molecule has 1 N–H and O–H groups in total. The quantitative estimate of drug-likeness (QED) is 0.689. The van der Waals surface area contributed by atoms with Crippen LogP contribution in [0.4, 0.5) is 4.79 Å². The number of fused-ring (bicyclic) bond motifs is 2. The van der Waals surface area contributed by atoms with E-state index in [0.717, 1.165) is 27.6 Å². The van der Waals surface area contributed by atoms with Gasteiger partial charge in [-0.2, -0.15) is 0 Å². The lowest BCUT2D eigenvalue weighted by molar-refractivity contribution is 0.101. The van der Waals surface area contributed by atoms with Crippen molar-refractivity contribution in [3.8, 4) is 11.5 Å². The minimum absolute atomic E-state index is 0.130. The number of carbonyl (C=O) groups is 1. The third kappa shape index (κ3) is 3.96. The van der Waals surface area contributed by atoms with Crippen molar-refractivity contribution in [2.24, 2.45) is 0 Å². The Morgan fingerprint density at radius 3 is 2.70 bits per heavy atom. The molecule has 0 aliphatic carbocycles. The van der Waals surface area contributed by atoms with E-state index in [-0.39, 0.29) is 32.0 Å². The SMILES string of the molecule is CCOC(=O)N(Cc1ccc2c(c1)OCO2)Cc1cc2cc(C)cc(C)c2[nH]c1=O. The molecule has 156 valence electrons. The van der Waals surface area contributed by atoms with E-state index in [1.807, 2.05) is 50.2 Å². The molecule has 0 fully saturated rings. The monoisotopic (exact) mass is 408 g/mol. The number of hydrogen-bond donors (Lipinski definition) is 1. The molecule has 2 aromatic carbocycles. The number of aromatic amines is 1. The number of nitrogens with one attached hydrogen (secondary N) is 1. The van der Waals surface area contributed by atoms with E-state index in [4.69, 9.17) is 14.2 Å². The predicted octanol–water partition coefficient (Wildman–Crippen LogP) is 4.03. The zero-order chi connectivity index (χ0) is 21.3. The topological polar surface area (TPSA) is 80.9 Å². The molecule has 0 spiro atoms. The van der Waals surface area contributed by atoms with E-state index in [9.17, 15) is 9.59 Å². The minimum atomic E-state index is -0.477. The van der Waals surface area contributed by atoms with E-state index in [0.29, 0.717) is 17.1 Å². The van der Waals surface area contributed by atoms with E-state index < -0.39 is 6.09 Å². The summed E-state index contributed by atoms with van der Waals surface area (Å²) in [6.07, 6.45) is -0.477. The van der Waals surface area contributed by atoms with Crippen LogP contribution in [-0.4, -0.2) is 29.4 Å². The molecule has 0 unspecified atom stereocenters. The second-order valence-corrected chi connectivity index (χ2v) is 7.41. The molecule has 2 heterocycles. The van der Waals surface area contributed by atoms with Crippen molar-refractivity contribution in [1.82, 2.24) is 9.88 Å². The Kier molecular flexibility index (Phi) is 5.35. The van der Waals surface area contributed by atoms with Crippen molar-refractivity contribution in [3.63, 3.8) is 0 Å². The number of pyridine rings is 1. The van der Waals surface area contributed by atoms with Crippen molar-refractivity contribution >= 4 is 17.0 Å². The van der Waals surface area contributed by atoms with E-state index in [1.54, 1.807) is 6.92 Å². The van der Waals surface area contributed by atoms with Gasteiger partial charge >= 0.3 is 6.09 Å². The summed E-state index contributed by atoms with van der Waals surface area (Å²) in [7, 11) is 0. The Morgan fingerprint density at radius 2 is 1.90 bits per heavy atom. The molecule has 0 bridgehead atoms. The number of amides is 1.